The maximum absolute atomic E-state index is 13.6. The SMILES string of the molecule is COC(=O)C1C(C)=NC2=C(C(=O)C[C@@H](c3ccc(OC)c(OC)c3)C2)[C@H]1c1ccccc1Br. The fourth-order valence-electron chi connectivity index (χ4n) is 4.90. The van der Waals surface area contributed by atoms with Crippen LogP contribution in [0.1, 0.15) is 42.7 Å². The maximum Gasteiger partial charge on any atom is 0.315 e. The van der Waals surface area contributed by atoms with Gasteiger partial charge in [-0.2, -0.15) is 0 Å². The zero-order valence-electron chi connectivity index (χ0n) is 19.1. The Bertz CT molecular complexity index is 1170. The number of hydrogen-bond acceptors (Lipinski definition) is 6. The van der Waals surface area contributed by atoms with Crippen LogP contribution in [0.5, 0.6) is 11.5 Å². The van der Waals surface area contributed by atoms with E-state index in [1.54, 1.807) is 14.2 Å². The Morgan fingerprint density at radius 2 is 1.76 bits per heavy atom. The standard InChI is InChI=1S/C26H26BrNO5/c1-14-23(26(30)33-4)24(17-7-5-6-8-18(17)27)25-19(28-14)11-16(12-20(25)29)15-9-10-21(31-2)22(13-15)32-3/h5-10,13,16,23-24H,11-12H2,1-4H3/t16-,23?,24-/m0/s1. The van der Waals surface area contributed by atoms with Crippen molar-refractivity contribution in [2.75, 3.05) is 21.3 Å². The van der Waals surface area contributed by atoms with Crippen LogP contribution in [0.3, 0.4) is 0 Å². The highest BCUT2D eigenvalue weighted by Crippen LogP contribution is 2.48. The molecule has 0 saturated carbocycles. The lowest BCUT2D eigenvalue weighted by atomic mass is 9.69. The molecule has 7 heteroatoms. The molecule has 172 valence electrons. The number of benzene rings is 2. The molecule has 1 heterocycles. The van der Waals surface area contributed by atoms with Crippen molar-refractivity contribution in [3.63, 3.8) is 0 Å². The quantitative estimate of drug-likeness (QED) is 0.514. The van der Waals surface area contributed by atoms with Gasteiger partial charge in [-0.25, -0.2) is 0 Å². The van der Waals surface area contributed by atoms with Gasteiger partial charge in [0.25, 0.3) is 0 Å². The first-order chi connectivity index (χ1) is 15.9. The number of hydrogen-bond donors (Lipinski definition) is 0. The third-order valence-corrected chi connectivity index (χ3v) is 7.19. The zero-order chi connectivity index (χ0) is 23.7. The van der Waals surface area contributed by atoms with Crippen molar-refractivity contribution in [1.82, 2.24) is 0 Å². The summed E-state index contributed by atoms with van der Waals surface area (Å²) in [5, 5.41) is 0. The van der Waals surface area contributed by atoms with Gasteiger partial charge in [0, 0.05) is 33.8 Å². The van der Waals surface area contributed by atoms with Crippen molar-refractivity contribution < 1.29 is 23.8 Å². The molecule has 4 rings (SSSR count). The van der Waals surface area contributed by atoms with Gasteiger partial charge in [-0.1, -0.05) is 40.2 Å². The number of carbonyl (C=O) groups excluding carboxylic acids is 2. The van der Waals surface area contributed by atoms with Crippen LogP contribution in [0.15, 0.2) is 63.2 Å². The van der Waals surface area contributed by atoms with E-state index in [4.69, 9.17) is 19.2 Å². The van der Waals surface area contributed by atoms with E-state index in [-0.39, 0.29) is 11.7 Å². The average molecular weight is 512 g/mol. The fraction of sp³-hybridized carbons (Fsp3) is 0.346. The lowest BCUT2D eigenvalue weighted by Crippen LogP contribution is -2.37. The molecule has 0 N–H and O–H groups in total. The van der Waals surface area contributed by atoms with E-state index in [0.717, 1.165) is 21.3 Å². The van der Waals surface area contributed by atoms with Gasteiger partial charge in [0.15, 0.2) is 17.3 Å². The fourth-order valence-corrected chi connectivity index (χ4v) is 5.43. The number of esters is 1. The Morgan fingerprint density at radius 1 is 1.03 bits per heavy atom. The van der Waals surface area contributed by atoms with Crippen LogP contribution in [0, 0.1) is 5.92 Å². The number of rotatable bonds is 5. The Balaban J connectivity index is 1.80. The van der Waals surface area contributed by atoms with Gasteiger partial charge >= 0.3 is 5.97 Å². The van der Waals surface area contributed by atoms with Gasteiger partial charge in [0.05, 0.1) is 21.3 Å². The number of halogens is 1. The summed E-state index contributed by atoms with van der Waals surface area (Å²) in [5.41, 5.74) is 3.88. The van der Waals surface area contributed by atoms with Crippen molar-refractivity contribution in [2.45, 2.75) is 31.6 Å². The number of methoxy groups -OCH3 is 3. The molecule has 0 saturated heterocycles. The summed E-state index contributed by atoms with van der Waals surface area (Å²) in [5.74, 6) is -0.247. The molecule has 2 aromatic carbocycles. The summed E-state index contributed by atoms with van der Waals surface area (Å²) in [6.07, 6.45) is 0.931. The van der Waals surface area contributed by atoms with E-state index >= 15 is 0 Å². The predicted octanol–water partition coefficient (Wildman–Crippen LogP) is 5.21. The van der Waals surface area contributed by atoms with Gasteiger partial charge in [0.1, 0.15) is 5.92 Å². The van der Waals surface area contributed by atoms with Gasteiger partial charge in [-0.15, -0.1) is 0 Å². The van der Waals surface area contributed by atoms with Crippen LogP contribution in [0.4, 0.5) is 0 Å². The first kappa shape index (κ1) is 23.2. The summed E-state index contributed by atoms with van der Waals surface area (Å²) in [6, 6.07) is 13.4. The van der Waals surface area contributed by atoms with Crippen molar-refractivity contribution in [3.05, 3.63) is 69.3 Å². The predicted molar refractivity (Wildman–Crippen MR) is 129 cm³/mol. The number of nitrogens with zero attached hydrogens (tertiary/aromatic N) is 1. The van der Waals surface area contributed by atoms with Crippen LogP contribution >= 0.6 is 15.9 Å². The van der Waals surface area contributed by atoms with E-state index in [9.17, 15) is 9.59 Å². The first-order valence-electron chi connectivity index (χ1n) is 10.7. The van der Waals surface area contributed by atoms with Gasteiger partial charge < -0.3 is 14.2 Å². The van der Waals surface area contributed by atoms with Crippen LogP contribution in [0.2, 0.25) is 0 Å². The van der Waals surface area contributed by atoms with Crippen molar-refractivity contribution in [3.8, 4) is 11.5 Å². The molecule has 33 heavy (non-hydrogen) atoms. The molecule has 1 aliphatic carbocycles. The molecular weight excluding hydrogens is 486 g/mol. The maximum atomic E-state index is 13.6. The number of ketones is 1. The summed E-state index contributed by atoms with van der Waals surface area (Å²) in [7, 11) is 4.56. The highest BCUT2D eigenvalue weighted by molar-refractivity contribution is 9.10. The Labute approximate surface area is 201 Å². The van der Waals surface area contributed by atoms with Gasteiger partial charge in [-0.3, -0.25) is 14.6 Å². The van der Waals surface area contributed by atoms with E-state index in [0.29, 0.717) is 35.6 Å². The van der Waals surface area contributed by atoms with E-state index in [1.807, 2.05) is 49.4 Å². The van der Waals surface area contributed by atoms with Gasteiger partial charge in [-0.05, 0) is 48.6 Å². The summed E-state index contributed by atoms with van der Waals surface area (Å²) >= 11 is 3.61. The highest BCUT2D eigenvalue weighted by atomic mass is 79.9. The molecule has 2 aliphatic rings. The molecule has 0 bridgehead atoms. The number of Topliss-reactive ketones (excluding diaryl/α,β-unsaturated/α-hetero) is 1. The second kappa shape index (κ2) is 9.51. The average Bonchev–Trinajstić information content (AvgIpc) is 2.82. The Hall–Kier alpha value is -2.93. The molecule has 0 aromatic heterocycles. The summed E-state index contributed by atoms with van der Waals surface area (Å²) in [6.45, 7) is 1.83. The molecule has 6 nitrogen and oxygen atoms in total. The third kappa shape index (κ3) is 4.22. The third-order valence-electron chi connectivity index (χ3n) is 6.46. The second-order valence-corrected chi connectivity index (χ2v) is 9.11. The molecule has 3 atom stereocenters. The zero-order valence-corrected chi connectivity index (χ0v) is 20.6. The largest absolute Gasteiger partial charge is 0.493 e. The van der Waals surface area contributed by atoms with Crippen molar-refractivity contribution >= 4 is 33.4 Å². The number of aliphatic imine (C=N–C) groups is 1. The minimum absolute atomic E-state index is 0.00180. The van der Waals surface area contributed by atoms with Crippen LogP contribution < -0.4 is 9.47 Å². The lowest BCUT2D eigenvalue weighted by Gasteiger charge is -2.36. The van der Waals surface area contributed by atoms with Crippen molar-refractivity contribution in [2.24, 2.45) is 10.9 Å². The number of ether oxygens (including phenoxy) is 3. The molecule has 2 aromatic rings. The van der Waals surface area contributed by atoms with Crippen molar-refractivity contribution in [1.29, 1.82) is 0 Å². The van der Waals surface area contributed by atoms with E-state index in [2.05, 4.69) is 15.9 Å². The number of carbonyl (C=O) groups is 2. The normalized spacial score (nSPS) is 22.4. The van der Waals surface area contributed by atoms with E-state index in [1.165, 1.54) is 7.11 Å². The molecule has 0 radical (unpaired) electrons. The summed E-state index contributed by atoms with van der Waals surface area (Å²) in [4.78, 5) is 31.2. The smallest absolute Gasteiger partial charge is 0.315 e. The molecule has 0 amide bonds. The topological polar surface area (TPSA) is 74.2 Å². The molecule has 0 spiro atoms. The molecule has 1 unspecified atom stereocenters. The highest BCUT2D eigenvalue weighted by Gasteiger charge is 2.45. The van der Waals surface area contributed by atoms with Crippen LogP contribution in [0.25, 0.3) is 0 Å². The van der Waals surface area contributed by atoms with Crippen LogP contribution in [-0.4, -0.2) is 38.8 Å². The molecule has 0 fully saturated rings. The monoisotopic (exact) mass is 511 g/mol. The molecular formula is C26H26BrNO5. The summed E-state index contributed by atoms with van der Waals surface area (Å²) < 4.78 is 16.8. The van der Waals surface area contributed by atoms with Gasteiger partial charge in [0.2, 0.25) is 0 Å². The lowest BCUT2D eigenvalue weighted by molar-refractivity contribution is -0.143. The number of allylic oxidation sites excluding steroid dienone is 2. The van der Waals surface area contributed by atoms with E-state index < -0.39 is 17.8 Å². The second-order valence-electron chi connectivity index (χ2n) is 8.26. The minimum Gasteiger partial charge on any atom is -0.493 e. The molecule has 1 aliphatic heterocycles. The Kier molecular flexibility index (Phi) is 6.70. The minimum atomic E-state index is -0.644. The van der Waals surface area contributed by atoms with Crippen LogP contribution in [-0.2, 0) is 14.3 Å². The first-order valence-corrected chi connectivity index (χ1v) is 11.5. The Morgan fingerprint density at radius 3 is 2.42 bits per heavy atom.